The zero-order valence-corrected chi connectivity index (χ0v) is 8.94. The average Bonchev–Trinajstić information content (AvgIpc) is 2.53. The first-order valence-electron chi connectivity index (χ1n) is 4.44. The lowest BCUT2D eigenvalue weighted by Crippen LogP contribution is -2.53. The average molecular weight is 219 g/mol. The summed E-state index contributed by atoms with van der Waals surface area (Å²) in [7, 11) is 0. The van der Waals surface area contributed by atoms with Crippen molar-refractivity contribution in [3.8, 4) is 0 Å². The first-order chi connectivity index (χ1) is 6.31. The summed E-state index contributed by atoms with van der Waals surface area (Å²) in [5, 5.41) is 8.80. The second-order valence-electron chi connectivity index (χ2n) is 3.37. The van der Waals surface area contributed by atoms with Crippen molar-refractivity contribution in [3.63, 3.8) is 0 Å². The molecule has 0 aromatic heterocycles. The Morgan fingerprint density at radius 2 is 2.00 bits per heavy atom. The number of carbonyl (C=O) groups excluding carboxylic acids is 1. The SMILES string of the molecule is O=C(C1SCCS1)N1CC(CO)C1. The van der Waals surface area contributed by atoms with E-state index in [1.165, 1.54) is 0 Å². The Balaban J connectivity index is 1.78. The lowest BCUT2D eigenvalue weighted by Gasteiger charge is -2.39. The summed E-state index contributed by atoms with van der Waals surface area (Å²) in [6.45, 7) is 1.73. The third-order valence-electron chi connectivity index (χ3n) is 2.35. The fraction of sp³-hybridized carbons (Fsp3) is 0.875. The van der Waals surface area contributed by atoms with Gasteiger partial charge in [-0.05, 0) is 0 Å². The van der Waals surface area contributed by atoms with Crippen LogP contribution in [0.15, 0.2) is 0 Å². The fourth-order valence-electron chi connectivity index (χ4n) is 1.52. The van der Waals surface area contributed by atoms with E-state index in [1.54, 1.807) is 23.5 Å². The van der Waals surface area contributed by atoms with E-state index in [0.29, 0.717) is 5.92 Å². The van der Waals surface area contributed by atoms with Crippen LogP contribution >= 0.6 is 23.5 Å². The van der Waals surface area contributed by atoms with E-state index in [1.807, 2.05) is 4.90 Å². The molecule has 2 aliphatic rings. The molecule has 0 bridgehead atoms. The summed E-state index contributed by atoms with van der Waals surface area (Å²) in [4.78, 5) is 13.5. The highest BCUT2D eigenvalue weighted by atomic mass is 32.2. The minimum atomic E-state index is 0.139. The quantitative estimate of drug-likeness (QED) is 0.722. The highest BCUT2D eigenvalue weighted by Crippen LogP contribution is 2.34. The van der Waals surface area contributed by atoms with Gasteiger partial charge in [0.15, 0.2) is 0 Å². The largest absolute Gasteiger partial charge is 0.396 e. The molecule has 0 aromatic rings. The van der Waals surface area contributed by atoms with Crippen LogP contribution in [-0.2, 0) is 4.79 Å². The Morgan fingerprint density at radius 1 is 1.38 bits per heavy atom. The van der Waals surface area contributed by atoms with Crippen molar-refractivity contribution >= 4 is 29.4 Å². The number of carbonyl (C=O) groups is 1. The Bertz CT molecular complexity index is 200. The van der Waals surface area contributed by atoms with Crippen molar-refractivity contribution in [2.24, 2.45) is 5.92 Å². The fourth-order valence-corrected chi connectivity index (χ4v) is 4.26. The number of likely N-dealkylation sites (tertiary alicyclic amines) is 1. The lowest BCUT2D eigenvalue weighted by atomic mass is 10.0. The first kappa shape index (κ1) is 9.68. The molecular formula is C8H13NO2S2. The van der Waals surface area contributed by atoms with Crippen LogP contribution in [0.4, 0.5) is 0 Å². The molecule has 1 N–H and O–H groups in total. The highest BCUT2D eigenvalue weighted by Gasteiger charge is 2.35. The predicted molar refractivity (Wildman–Crippen MR) is 55.9 cm³/mol. The maximum atomic E-state index is 11.7. The van der Waals surface area contributed by atoms with Crippen molar-refractivity contribution in [2.45, 2.75) is 4.58 Å². The van der Waals surface area contributed by atoms with Crippen LogP contribution in [0, 0.1) is 5.92 Å². The van der Waals surface area contributed by atoms with Gasteiger partial charge in [0.1, 0.15) is 4.58 Å². The third kappa shape index (κ3) is 1.97. The van der Waals surface area contributed by atoms with Crippen LogP contribution in [0.2, 0.25) is 0 Å². The molecule has 0 saturated carbocycles. The number of aliphatic hydroxyl groups excluding tert-OH is 1. The summed E-state index contributed by atoms with van der Waals surface area (Å²) < 4.78 is 0.139. The Labute approximate surface area is 86.2 Å². The molecule has 13 heavy (non-hydrogen) atoms. The molecule has 0 radical (unpaired) electrons. The topological polar surface area (TPSA) is 40.5 Å². The van der Waals surface area contributed by atoms with Crippen molar-refractivity contribution < 1.29 is 9.90 Å². The second-order valence-corrected chi connectivity index (χ2v) is 6.09. The van der Waals surface area contributed by atoms with Crippen molar-refractivity contribution in [2.75, 3.05) is 31.2 Å². The minimum Gasteiger partial charge on any atom is -0.396 e. The number of amides is 1. The molecular weight excluding hydrogens is 206 g/mol. The van der Waals surface area contributed by atoms with Crippen LogP contribution in [0.5, 0.6) is 0 Å². The molecule has 0 spiro atoms. The van der Waals surface area contributed by atoms with Crippen LogP contribution in [0.25, 0.3) is 0 Å². The zero-order chi connectivity index (χ0) is 9.26. The molecule has 2 heterocycles. The molecule has 5 heteroatoms. The Morgan fingerprint density at radius 3 is 2.54 bits per heavy atom. The lowest BCUT2D eigenvalue weighted by molar-refractivity contribution is -0.136. The molecule has 0 atom stereocenters. The molecule has 1 amide bonds. The molecule has 2 aliphatic heterocycles. The van der Waals surface area contributed by atoms with Gasteiger partial charge in [0.2, 0.25) is 5.91 Å². The van der Waals surface area contributed by atoms with Gasteiger partial charge >= 0.3 is 0 Å². The Hall–Kier alpha value is 0.130. The predicted octanol–water partition coefficient (Wildman–Crippen LogP) is 0.243. The molecule has 2 rings (SSSR count). The molecule has 0 unspecified atom stereocenters. The van der Waals surface area contributed by atoms with E-state index in [0.717, 1.165) is 24.6 Å². The van der Waals surface area contributed by atoms with Crippen LogP contribution in [0.3, 0.4) is 0 Å². The molecule has 3 nitrogen and oxygen atoms in total. The maximum Gasteiger partial charge on any atom is 0.245 e. The molecule has 0 aliphatic carbocycles. The van der Waals surface area contributed by atoms with Gasteiger partial charge in [-0.3, -0.25) is 4.79 Å². The molecule has 2 saturated heterocycles. The van der Waals surface area contributed by atoms with Gasteiger partial charge < -0.3 is 10.0 Å². The zero-order valence-electron chi connectivity index (χ0n) is 7.31. The van der Waals surface area contributed by atoms with Crippen molar-refractivity contribution in [3.05, 3.63) is 0 Å². The number of hydrogen-bond donors (Lipinski definition) is 1. The van der Waals surface area contributed by atoms with Gasteiger partial charge in [0, 0.05) is 37.1 Å². The van der Waals surface area contributed by atoms with Crippen molar-refractivity contribution in [1.29, 1.82) is 0 Å². The van der Waals surface area contributed by atoms with Gasteiger partial charge in [-0.2, -0.15) is 0 Å². The van der Waals surface area contributed by atoms with E-state index in [9.17, 15) is 4.79 Å². The summed E-state index contributed by atoms with van der Waals surface area (Å²) in [6, 6.07) is 0. The number of aliphatic hydroxyl groups is 1. The van der Waals surface area contributed by atoms with Gasteiger partial charge in [-0.25, -0.2) is 0 Å². The summed E-state index contributed by atoms with van der Waals surface area (Å²) >= 11 is 3.49. The number of thioether (sulfide) groups is 2. The van der Waals surface area contributed by atoms with Gasteiger partial charge in [-0.1, -0.05) is 0 Å². The van der Waals surface area contributed by atoms with Gasteiger partial charge in [0.05, 0.1) is 0 Å². The van der Waals surface area contributed by atoms with Crippen LogP contribution in [-0.4, -0.2) is 51.7 Å². The van der Waals surface area contributed by atoms with Gasteiger partial charge in [-0.15, -0.1) is 23.5 Å². The van der Waals surface area contributed by atoms with E-state index in [4.69, 9.17) is 5.11 Å². The standard InChI is InChI=1S/C8H13NO2S2/c10-5-6-3-9(4-6)7(11)8-12-1-2-13-8/h6,8,10H,1-5H2. The number of hydrogen-bond acceptors (Lipinski definition) is 4. The molecule has 2 fully saturated rings. The summed E-state index contributed by atoms with van der Waals surface area (Å²) in [6.07, 6.45) is 0. The summed E-state index contributed by atoms with van der Waals surface area (Å²) in [5.74, 6) is 2.79. The monoisotopic (exact) mass is 219 g/mol. The maximum absolute atomic E-state index is 11.7. The summed E-state index contributed by atoms with van der Waals surface area (Å²) in [5.41, 5.74) is 0. The number of rotatable bonds is 2. The normalized spacial score (nSPS) is 24.8. The van der Waals surface area contributed by atoms with E-state index in [2.05, 4.69) is 0 Å². The van der Waals surface area contributed by atoms with Crippen LogP contribution < -0.4 is 0 Å². The van der Waals surface area contributed by atoms with E-state index < -0.39 is 0 Å². The minimum absolute atomic E-state index is 0.139. The smallest absolute Gasteiger partial charge is 0.245 e. The second kappa shape index (κ2) is 4.11. The van der Waals surface area contributed by atoms with E-state index in [-0.39, 0.29) is 17.1 Å². The third-order valence-corrected chi connectivity index (χ3v) is 5.31. The molecule has 74 valence electrons. The van der Waals surface area contributed by atoms with Gasteiger partial charge in [0.25, 0.3) is 0 Å². The molecule has 0 aromatic carbocycles. The van der Waals surface area contributed by atoms with E-state index >= 15 is 0 Å². The number of nitrogens with zero attached hydrogens (tertiary/aromatic N) is 1. The Kier molecular flexibility index (Phi) is 3.06. The highest BCUT2D eigenvalue weighted by molar-refractivity contribution is 8.21. The van der Waals surface area contributed by atoms with Crippen molar-refractivity contribution in [1.82, 2.24) is 4.90 Å². The van der Waals surface area contributed by atoms with Crippen LogP contribution in [0.1, 0.15) is 0 Å². The first-order valence-corrected chi connectivity index (χ1v) is 6.54.